The predicted molar refractivity (Wildman–Crippen MR) is 56.7 cm³/mol. The molecule has 0 fully saturated rings. The summed E-state index contributed by atoms with van der Waals surface area (Å²) in [6.45, 7) is 0. The number of alkyl halides is 6. The van der Waals surface area contributed by atoms with Crippen molar-refractivity contribution >= 4 is 38.7 Å². The zero-order valence-electron chi connectivity index (χ0n) is 8.52. The highest BCUT2D eigenvalue weighted by molar-refractivity contribution is 7.25. The van der Waals surface area contributed by atoms with Crippen molar-refractivity contribution in [1.82, 2.24) is 0 Å². The molecule has 2 heterocycles. The van der Waals surface area contributed by atoms with E-state index in [2.05, 4.69) is 0 Å². The van der Waals surface area contributed by atoms with E-state index in [1.807, 2.05) is 0 Å². The highest BCUT2D eigenvalue weighted by Gasteiger charge is 2.43. The molecule has 2 aromatic heterocycles. The number of halogens is 6. The first-order chi connectivity index (χ1) is 8.51. The summed E-state index contributed by atoms with van der Waals surface area (Å²) in [4.78, 5) is 7.22. The van der Waals surface area contributed by atoms with Crippen molar-refractivity contribution in [3.63, 3.8) is 0 Å². The summed E-state index contributed by atoms with van der Waals surface area (Å²) in [5.41, 5.74) is 0. The zero-order chi connectivity index (χ0) is 14.6. The molecule has 0 spiro atoms. The fourth-order valence-electron chi connectivity index (χ4n) is 1.43. The summed E-state index contributed by atoms with van der Waals surface area (Å²) >= 11 is -0.232. The van der Waals surface area contributed by atoms with Crippen LogP contribution < -0.4 is 0 Å². The van der Waals surface area contributed by atoms with Gasteiger partial charge in [-0.1, -0.05) is 0 Å². The van der Waals surface area contributed by atoms with Crippen LogP contribution in [0.15, 0.2) is 6.07 Å². The highest BCUT2D eigenvalue weighted by atomic mass is 32.1. The van der Waals surface area contributed by atoms with E-state index in [9.17, 15) is 31.1 Å². The van der Waals surface area contributed by atoms with Crippen LogP contribution in [0.4, 0.5) is 26.3 Å². The minimum atomic E-state index is -4.96. The van der Waals surface area contributed by atoms with Crippen LogP contribution in [0, 0.1) is 0 Å². The van der Waals surface area contributed by atoms with Crippen molar-refractivity contribution in [2.24, 2.45) is 0 Å². The van der Waals surface area contributed by atoms with E-state index in [0.717, 1.165) is 0 Å². The van der Waals surface area contributed by atoms with Crippen molar-refractivity contribution in [3.8, 4) is 0 Å². The second-order valence-corrected chi connectivity index (χ2v) is 5.49. The van der Waals surface area contributed by atoms with Crippen molar-refractivity contribution in [1.29, 1.82) is 0 Å². The molecule has 0 radical (unpaired) electrons. The maximum absolute atomic E-state index is 12.6. The Morgan fingerprint density at radius 3 is 1.95 bits per heavy atom. The Balaban J connectivity index is 2.81. The first kappa shape index (κ1) is 14.1. The smallest absolute Gasteiger partial charge is 0.427 e. The fraction of sp³-hybridized carbons (Fsp3) is 0.222. The van der Waals surface area contributed by atoms with E-state index in [4.69, 9.17) is 5.11 Å². The molecule has 0 amide bonds. The number of aromatic carboxylic acids is 1. The Morgan fingerprint density at radius 2 is 1.53 bits per heavy atom. The molecule has 0 aliphatic rings. The minimum absolute atomic E-state index is 0.187. The third kappa shape index (κ3) is 2.41. The molecule has 0 saturated heterocycles. The van der Waals surface area contributed by atoms with Crippen LogP contribution in [0.2, 0.25) is 0 Å². The Labute approximate surface area is 108 Å². The molecule has 0 bridgehead atoms. The molecule has 104 valence electrons. The Bertz CT molecular complexity index is 601. The average molecular weight is 320 g/mol. The molecule has 0 unspecified atom stereocenters. The lowest BCUT2D eigenvalue weighted by Gasteiger charge is -2.03. The van der Waals surface area contributed by atoms with Gasteiger partial charge in [0.15, 0.2) is 0 Å². The number of carboxylic acid groups (broad SMARTS) is 1. The Kier molecular flexibility index (Phi) is 3.05. The highest BCUT2D eigenvalue weighted by Crippen LogP contribution is 2.50. The fourth-order valence-corrected chi connectivity index (χ4v) is 3.62. The number of hydrogen-bond donors (Lipinski definition) is 1. The first-order valence-electron chi connectivity index (χ1n) is 4.46. The summed E-state index contributed by atoms with van der Waals surface area (Å²) < 4.78 is 75.1. The molecule has 2 nitrogen and oxygen atoms in total. The summed E-state index contributed by atoms with van der Waals surface area (Å²) in [5.74, 6) is -1.56. The molecule has 10 heteroatoms. The minimum Gasteiger partial charge on any atom is -0.477 e. The zero-order valence-corrected chi connectivity index (χ0v) is 10.2. The van der Waals surface area contributed by atoms with Crippen LogP contribution in [-0.2, 0) is 12.4 Å². The number of thiophene rings is 2. The van der Waals surface area contributed by atoms with Gasteiger partial charge in [0.05, 0.1) is 4.70 Å². The molecule has 2 rings (SSSR count). The van der Waals surface area contributed by atoms with Crippen LogP contribution >= 0.6 is 22.7 Å². The molecule has 1 N–H and O–H groups in total. The van der Waals surface area contributed by atoms with Crippen LogP contribution in [0.3, 0.4) is 0 Å². The van der Waals surface area contributed by atoms with Gasteiger partial charge in [-0.15, -0.1) is 22.7 Å². The van der Waals surface area contributed by atoms with Gasteiger partial charge in [-0.05, 0) is 6.07 Å². The quantitative estimate of drug-likeness (QED) is 0.773. The van der Waals surface area contributed by atoms with E-state index in [1.165, 1.54) is 0 Å². The predicted octanol–water partition coefficient (Wildman–Crippen LogP) is 4.70. The van der Waals surface area contributed by atoms with Gasteiger partial charge < -0.3 is 5.11 Å². The van der Waals surface area contributed by atoms with Gasteiger partial charge >= 0.3 is 18.3 Å². The van der Waals surface area contributed by atoms with Gasteiger partial charge in [-0.25, -0.2) is 4.79 Å². The molecule has 2 aromatic rings. The third-order valence-corrected chi connectivity index (χ3v) is 4.68. The third-order valence-electron chi connectivity index (χ3n) is 2.11. The summed E-state index contributed by atoms with van der Waals surface area (Å²) in [6, 6.07) is 0.622. The molecule has 0 atom stereocenters. The van der Waals surface area contributed by atoms with E-state index < -0.39 is 54.4 Å². The maximum Gasteiger partial charge on any atom is 0.427 e. The van der Waals surface area contributed by atoms with Gasteiger partial charge in [0, 0.05) is 5.39 Å². The largest absolute Gasteiger partial charge is 0.477 e. The van der Waals surface area contributed by atoms with Crippen molar-refractivity contribution in [3.05, 3.63) is 20.7 Å². The summed E-state index contributed by atoms with van der Waals surface area (Å²) in [7, 11) is 0. The van der Waals surface area contributed by atoms with E-state index in [1.54, 1.807) is 0 Å². The monoisotopic (exact) mass is 320 g/mol. The van der Waals surface area contributed by atoms with Crippen molar-refractivity contribution < 1.29 is 36.2 Å². The average Bonchev–Trinajstić information content (AvgIpc) is 2.68. The van der Waals surface area contributed by atoms with E-state index in [-0.39, 0.29) is 11.3 Å². The normalized spacial score (nSPS) is 13.2. The van der Waals surface area contributed by atoms with Crippen LogP contribution in [0.1, 0.15) is 19.4 Å². The van der Waals surface area contributed by atoms with Crippen LogP contribution in [0.5, 0.6) is 0 Å². The molecule has 0 aromatic carbocycles. The Morgan fingerprint density at radius 1 is 1.00 bits per heavy atom. The second-order valence-electron chi connectivity index (χ2n) is 3.41. The van der Waals surface area contributed by atoms with Gasteiger partial charge in [0.25, 0.3) is 0 Å². The first-order valence-corrected chi connectivity index (χ1v) is 6.09. The van der Waals surface area contributed by atoms with E-state index in [0.29, 0.717) is 6.07 Å². The number of carboxylic acids is 1. The lowest BCUT2D eigenvalue weighted by molar-refractivity contribution is -0.134. The van der Waals surface area contributed by atoms with Crippen molar-refractivity contribution in [2.75, 3.05) is 0 Å². The number of hydrogen-bond acceptors (Lipinski definition) is 3. The van der Waals surface area contributed by atoms with Crippen molar-refractivity contribution in [2.45, 2.75) is 12.4 Å². The second kappa shape index (κ2) is 4.10. The van der Waals surface area contributed by atoms with Gasteiger partial charge in [-0.3, -0.25) is 0 Å². The molecule has 0 saturated carbocycles. The molecule has 19 heavy (non-hydrogen) atoms. The molecule has 0 aliphatic carbocycles. The standard InChI is InChI=1S/C9H2F6O2S2/c10-8(11,12)5-2-1-3(7(16)17)18-4(2)6(19-5)9(13,14)15/h1H,(H,16,17). The number of fused-ring (bicyclic) bond motifs is 1. The molecular formula is C9H2F6O2S2. The lowest BCUT2D eigenvalue weighted by atomic mass is 10.2. The van der Waals surface area contributed by atoms with Crippen LogP contribution in [0.25, 0.3) is 10.1 Å². The summed E-state index contributed by atoms with van der Waals surface area (Å²) in [6.07, 6.45) is -9.91. The number of carbonyl (C=O) groups is 1. The molecule has 0 aliphatic heterocycles. The van der Waals surface area contributed by atoms with Crippen LogP contribution in [-0.4, -0.2) is 11.1 Å². The Hall–Kier alpha value is -1.29. The molecular weight excluding hydrogens is 318 g/mol. The lowest BCUT2D eigenvalue weighted by Crippen LogP contribution is -2.03. The van der Waals surface area contributed by atoms with Gasteiger partial charge in [0.1, 0.15) is 14.6 Å². The van der Waals surface area contributed by atoms with Gasteiger partial charge in [-0.2, -0.15) is 26.3 Å². The SMILES string of the molecule is O=C(O)c1cc2c(C(F)(F)F)sc(C(F)(F)F)c2s1. The maximum atomic E-state index is 12.6. The number of rotatable bonds is 1. The van der Waals surface area contributed by atoms with Gasteiger partial charge in [0.2, 0.25) is 0 Å². The summed E-state index contributed by atoms with van der Waals surface area (Å²) in [5, 5.41) is 7.93. The topological polar surface area (TPSA) is 37.3 Å². The van der Waals surface area contributed by atoms with E-state index >= 15 is 0 Å².